The molecular weight excluding hydrogens is 423 g/mol. The molecule has 0 saturated heterocycles. The van der Waals surface area contributed by atoms with E-state index in [1.54, 1.807) is 0 Å². The standard InChI is InChI=1S/C13H4Cl2F8N2O/c14-9-8(7-5(17)1-4(16)2-6(7)18)25(11(26)10(15)24-9)3-12(19,20)13(21,22)23/h1-2H,3H2. The number of nitrogens with zero attached hydrogens (tertiary/aromatic N) is 2. The lowest BCUT2D eigenvalue weighted by Crippen LogP contribution is -2.43. The monoisotopic (exact) mass is 426 g/mol. The third-order valence-electron chi connectivity index (χ3n) is 3.10. The predicted octanol–water partition coefficient (Wildman–Crippen LogP) is 4.83. The van der Waals surface area contributed by atoms with Crippen LogP contribution in [0.15, 0.2) is 16.9 Å². The maximum absolute atomic E-state index is 13.9. The van der Waals surface area contributed by atoms with E-state index in [-0.39, 0.29) is 16.7 Å². The molecule has 13 heteroatoms. The molecule has 0 radical (unpaired) electrons. The summed E-state index contributed by atoms with van der Waals surface area (Å²) >= 11 is 10.9. The molecule has 1 aromatic carbocycles. The lowest BCUT2D eigenvalue weighted by molar-refractivity contribution is -0.286. The molecule has 1 aromatic heterocycles. The van der Waals surface area contributed by atoms with Crippen LogP contribution < -0.4 is 5.56 Å². The zero-order chi connectivity index (χ0) is 20.0. The van der Waals surface area contributed by atoms with Crippen molar-refractivity contribution in [3.05, 3.63) is 50.2 Å². The Morgan fingerprint density at radius 1 is 0.962 bits per heavy atom. The van der Waals surface area contributed by atoms with E-state index in [4.69, 9.17) is 23.2 Å². The van der Waals surface area contributed by atoms with Crippen LogP contribution in [0.3, 0.4) is 0 Å². The van der Waals surface area contributed by atoms with Gasteiger partial charge in [0.15, 0.2) is 10.3 Å². The first-order chi connectivity index (χ1) is 11.8. The fraction of sp³-hybridized carbons (Fsp3) is 0.231. The van der Waals surface area contributed by atoms with Gasteiger partial charge in [0.1, 0.15) is 17.5 Å². The third-order valence-corrected chi connectivity index (χ3v) is 3.61. The highest BCUT2D eigenvalue weighted by molar-refractivity contribution is 6.33. The Bertz CT molecular complexity index is 903. The molecule has 0 fully saturated rings. The molecule has 0 aliphatic carbocycles. The Morgan fingerprint density at radius 3 is 1.92 bits per heavy atom. The van der Waals surface area contributed by atoms with Crippen molar-refractivity contribution in [2.45, 2.75) is 18.6 Å². The average molecular weight is 427 g/mol. The van der Waals surface area contributed by atoms with Crippen molar-refractivity contribution in [3.63, 3.8) is 0 Å². The van der Waals surface area contributed by atoms with Gasteiger partial charge in [-0.25, -0.2) is 18.2 Å². The first kappa shape index (κ1) is 20.4. The lowest BCUT2D eigenvalue weighted by Gasteiger charge is -2.23. The van der Waals surface area contributed by atoms with E-state index >= 15 is 0 Å². The fourth-order valence-corrected chi connectivity index (χ4v) is 2.47. The van der Waals surface area contributed by atoms with Crippen LogP contribution in [0.5, 0.6) is 0 Å². The second kappa shape index (κ2) is 6.69. The van der Waals surface area contributed by atoms with Gasteiger partial charge in [-0.05, 0) is 0 Å². The van der Waals surface area contributed by atoms with Crippen LogP contribution >= 0.6 is 23.2 Å². The maximum Gasteiger partial charge on any atom is 0.455 e. The summed E-state index contributed by atoms with van der Waals surface area (Å²) in [5, 5.41) is -2.16. The van der Waals surface area contributed by atoms with Crippen molar-refractivity contribution < 1.29 is 35.1 Å². The van der Waals surface area contributed by atoms with Gasteiger partial charge in [-0.3, -0.25) is 9.36 Å². The highest BCUT2D eigenvalue weighted by Gasteiger charge is 2.58. The summed E-state index contributed by atoms with van der Waals surface area (Å²) < 4.78 is 105. The van der Waals surface area contributed by atoms with Gasteiger partial charge in [0.05, 0.1) is 17.8 Å². The van der Waals surface area contributed by atoms with Crippen molar-refractivity contribution in [2.24, 2.45) is 0 Å². The topological polar surface area (TPSA) is 34.9 Å². The number of benzene rings is 1. The van der Waals surface area contributed by atoms with Gasteiger partial charge in [0.25, 0.3) is 5.56 Å². The van der Waals surface area contributed by atoms with E-state index in [0.29, 0.717) is 0 Å². The second-order valence-electron chi connectivity index (χ2n) is 4.88. The van der Waals surface area contributed by atoms with E-state index in [2.05, 4.69) is 4.98 Å². The number of rotatable bonds is 3. The van der Waals surface area contributed by atoms with E-state index in [9.17, 15) is 39.9 Å². The number of aromatic nitrogens is 2. The van der Waals surface area contributed by atoms with Crippen molar-refractivity contribution in [1.82, 2.24) is 9.55 Å². The molecule has 2 rings (SSSR count). The SMILES string of the molecule is O=c1c(Cl)nc(Cl)c(-c2c(F)cc(F)cc2F)n1CC(F)(F)C(F)(F)F. The number of hydrogen-bond donors (Lipinski definition) is 0. The largest absolute Gasteiger partial charge is 0.455 e. The van der Waals surface area contributed by atoms with Gasteiger partial charge < -0.3 is 0 Å². The van der Waals surface area contributed by atoms with E-state index < -0.39 is 63.2 Å². The van der Waals surface area contributed by atoms with Crippen LogP contribution in [0, 0.1) is 17.5 Å². The maximum atomic E-state index is 13.9. The Hall–Kier alpha value is -1.88. The Balaban J connectivity index is 2.85. The Morgan fingerprint density at radius 2 is 1.46 bits per heavy atom. The first-order valence-electron chi connectivity index (χ1n) is 6.31. The minimum Gasteiger partial charge on any atom is -0.296 e. The molecule has 142 valence electrons. The van der Waals surface area contributed by atoms with Gasteiger partial charge >= 0.3 is 12.1 Å². The fourth-order valence-electron chi connectivity index (χ4n) is 1.96. The van der Waals surface area contributed by atoms with Gasteiger partial charge in [-0.2, -0.15) is 22.0 Å². The zero-order valence-corrected chi connectivity index (χ0v) is 13.5. The lowest BCUT2D eigenvalue weighted by atomic mass is 10.1. The Kier molecular flexibility index (Phi) is 5.26. The highest BCUT2D eigenvalue weighted by atomic mass is 35.5. The van der Waals surface area contributed by atoms with Crippen LogP contribution in [-0.2, 0) is 6.54 Å². The molecule has 26 heavy (non-hydrogen) atoms. The van der Waals surface area contributed by atoms with E-state index in [0.717, 1.165) is 0 Å². The molecule has 0 aliphatic rings. The molecule has 1 heterocycles. The average Bonchev–Trinajstić information content (AvgIpc) is 2.45. The van der Waals surface area contributed by atoms with Gasteiger partial charge in [-0.15, -0.1) is 0 Å². The van der Waals surface area contributed by atoms with E-state index in [1.807, 2.05) is 0 Å². The summed E-state index contributed by atoms with van der Waals surface area (Å²) in [6.07, 6.45) is -6.09. The molecule has 0 saturated carbocycles. The summed E-state index contributed by atoms with van der Waals surface area (Å²) in [6, 6.07) is 0.222. The molecule has 0 amide bonds. The van der Waals surface area contributed by atoms with Gasteiger partial charge in [0.2, 0.25) is 0 Å². The van der Waals surface area contributed by atoms with Crippen LogP contribution in [0.2, 0.25) is 10.3 Å². The van der Waals surface area contributed by atoms with Crippen LogP contribution in [0.4, 0.5) is 35.1 Å². The number of hydrogen-bond acceptors (Lipinski definition) is 2. The smallest absolute Gasteiger partial charge is 0.296 e. The molecule has 0 aliphatic heterocycles. The first-order valence-corrected chi connectivity index (χ1v) is 7.07. The van der Waals surface area contributed by atoms with Gasteiger partial charge in [-0.1, -0.05) is 23.2 Å². The molecule has 0 atom stereocenters. The molecular formula is C13H4Cl2F8N2O. The zero-order valence-electron chi connectivity index (χ0n) is 11.9. The number of alkyl halides is 5. The third kappa shape index (κ3) is 3.63. The quantitative estimate of drug-likeness (QED) is 0.658. The molecule has 0 N–H and O–H groups in total. The van der Waals surface area contributed by atoms with Crippen LogP contribution in [0.1, 0.15) is 0 Å². The minimum atomic E-state index is -6.09. The minimum absolute atomic E-state index is 0.111. The van der Waals surface area contributed by atoms with Crippen LogP contribution in [-0.4, -0.2) is 21.6 Å². The summed E-state index contributed by atoms with van der Waals surface area (Å²) in [7, 11) is 0. The van der Waals surface area contributed by atoms with Crippen LogP contribution in [0.25, 0.3) is 11.3 Å². The molecule has 0 unspecified atom stereocenters. The summed E-state index contributed by atoms with van der Waals surface area (Å²) in [4.78, 5) is 15.1. The molecule has 0 bridgehead atoms. The van der Waals surface area contributed by atoms with Crippen molar-refractivity contribution in [2.75, 3.05) is 0 Å². The highest BCUT2D eigenvalue weighted by Crippen LogP contribution is 2.39. The van der Waals surface area contributed by atoms with Gasteiger partial charge in [0, 0.05) is 12.1 Å². The summed E-state index contributed by atoms with van der Waals surface area (Å²) in [5.74, 6) is -10.3. The molecule has 0 spiro atoms. The molecule has 3 nitrogen and oxygen atoms in total. The summed E-state index contributed by atoms with van der Waals surface area (Å²) in [5.41, 5.74) is -4.28. The number of halogens is 10. The van der Waals surface area contributed by atoms with E-state index in [1.165, 1.54) is 0 Å². The normalized spacial score (nSPS) is 12.5. The second-order valence-corrected chi connectivity index (χ2v) is 5.60. The van der Waals surface area contributed by atoms with Crippen molar-refractivity contribution in [1.29, 1.82) is 0 Å². The van der Waals surface area contributed by atoms with Crippen molar-refractivity contribution in [3.8, 4) is 11.3 Å². The molecule has 2 aromatic rings. The Labute approximate surface area is 148 Å². The van der Waals surface area contributed by atoms with Crippen molar-refractivity contribution >= 4 is 23.2 Å². The summed E-state index contributed by atoms with van der Waals surface area (Å²) in [6.45, 7) is -2.39. The predicted molar refractivity (Wildman–Crippen MR) is 74.8 cm³/mol.